The monoisotopic (exact) mass is 347 g/mol. The van der Waals surface area contributed by atoms with Gasteiger partial charge in [0.2, 0.25) is 0 Å². The first-order chi connectivity index (χ1) is 12.0. The molecular weight excluding hydrogens is 314 g/mol. The van der Waals surface area contributed by atoms with Gasteiger partial charge in [0.1, 0.15) is 5.75 Å². The molecule has 5 nitrogen and oxygen atoms in total. The highest BCUT2D eigenvalue weighted by Gasteiger charge is 2.24. The van der Waals surface area contributed by atoms with Crippen LogP contribution in [-0.2, 0) is 4.74 Å². The average Bonchev–Trinajstić information content (AvgIpc) is 2.60. The lowest BCUT2D eigenvalue weighted by Crippen LogP contribution is -2.45. The molecule has 140 valence electrons. The Morgan fingerprint density at radius 3 is 2.48 bits per heavy atom. The lowest BCUT2D eigenvalue weighted by molar-refractivity contribution is -0.00532. The van der Waals surface area contributed by atoms with Gasteiger partial charge in [0, 0.05) is 37.4 Å². The molecule has 1 aromatic rings. The molecule has 1 saturated carbocycles. The van der Waals surface area contributed by atoms with E-state index in [0.717, 1.165) is 55.5 Å². The van der Waals surface area contributed by atoms with Crippen LogP contribution in [0.4, 0.5) is 11.4 Å². The number of morpholine rings is 1. The third-order valence-corrected chi connectivity index (χ3v) is 5.43. The van der Waals surface area contributed by atoms with Crippen LogP contribution in [0.15, 0.2) is 18.2 Å². The Morgan fingerprint density at radius 2 is 1.84 bits per heavy atom. The lowest BCUT2D eigenvalue weighted by atomic mass is 9.86. The van der Waals surface area contributed by atoms with Crippen molar-refractivity contribution in [1.82, 2.24) is 0 Å². The van der Waals surface area contributed by atoms with Crippen molar-refractivity contribution in [3.8, 4) is 5.75 Å². The third-order valence-electron chi connectivity index (χ3n) is 5.43. The van der Waals surface area contributed by atoms with E-state index >= 15 is 0 Å². The van der Waals surface area contributed by atoms with Crippen molar-refractivity contribution in [3.05, 3.63) is 18.2 Å². The largest absolute Gasteiger partial charge is 0.495 e. The van der Waals surface area contributed by atoms with Gasteiger partial charge in [-0.25, -0.2) is 0 Å². The van der Waals surface area contributed by atoms with E-state index in [4.69, 9.17) is 15.2 Å². The van der Waals surface area contributed by atoms with Crippen molar-refractivity contribution in [2.45, 2.75) is 57.8 Å². The summed E-state index contributed by atoms with van der Waals surface area (Å²) < 4.78 is 11.5. The van der Waals surface area contributed by atoms with Crippen molar-refractivity contribution >= 4 is 11.4 Å². The molecule has 0 unspecified atom stereocenters. The van der Waals surface area contributed by atoms with E-state index < -0.39 is 0 Å². The summed E-state index contributed by atoms with van der Waals surface area (Å²) in [5.41, 5.74) is 8.28. The van der Waals surface area contributed by atoms with E-state index in [1.807, 2.05) is 0 Å². The summed E-state index contributed by atoms with van der Waals surface area (Å²) >= 11 is 0. The van der Waals surface area contributed by atoms with E-state index in [-0.39, 0.29) is 12.2 Å². The zero-order valence-corrected chi connectivity index (χ0v) is 15.8. The Bertz CT molecular complexity index is 548. The molecule has 0 bridgehead atoms. The molecule has 0 aromatic heterocycles. The molecule has 1 aromatic carbocycles. The quantitative estimate of drug-likeness (QED) is 0.856. The molecular formula is C20H33N3O2. The molecule has 2 fully saturated rings. The predicted octanol–water partition coefficient (Wildman–Crippen LogP) is 3.24. The van der Waals surface area contributed by atoms with Crippen molar-refractivity contribution < 1.29 is 9.47 Å². The summed E-state index contributed by atoms with van der Waals surface area (Å²) in [7, 11) is 1.75. The summed E-state index contributed by atoms with van der Waals surface area (Å²) in [6.07, 6.45) is 5.25. The number of hydrogen-bond acceptors (Lipinski definition) is 5. The number of nitrogens with zero attached hydrogens (tertiary/aromatic N) is 1. The molecule has 1 saturated heterocycles. The van der Waals surface area contributed by atoms with Gasteiger partial charge in [0.25, 0.3) is 0 Å². The minimum absolute atomic E-state index is 0.240. The second-order valence-electron chi connectivity index (χ2n) is 7.71. The second-order valence-corrected chi connectivity index (χ2v) is 7.71. The zero-order valence-electron chi connectivity index (χ0n) is 15.8. The Balaban J connectivity index is 1.63. The highest BCUT2D eigenvalue weighted by atomic mass is 16.5. The maximum absolute atomic E-state index is 6.00. The number of nitrogens with one attached hydrogen (secondary N) is 1. The molecule has 3 N–H and O–H groups in total. The van der Waals surface area contributed by atoms with Gasteiger partial charge in [-0.15, -0.1) is 0 Å². The van der Waals surface area contributed by atoms with Crippen LogP contribution in [-0.4, -0.2) is 45.0 Å². The summed E-state index contributed by atoms with van der Waals surface area (Å²) in [4.78, 5) is 2.37. The van der Waals surface area contributed by atoms with Crippen LogP contribution in [0.3, 0.4) is 0 Å². The standard InChI is InChI=1S/C20H33N3O2/c1-14-12-23(13-15(2)25-14)19-9-8-18(10-20(19)24-3)22-11-16-4-6-17(21)7-5-16/h8-10,14-17,22H,4-7,11-13,21H2,1-3H3/t14-,15+,16-,17-. The van der Waals surface area contributed by atoms with E-state index in [2.05, 4.69) is 42.3 Å². The Hall–Kier alpha value is -1.46. The predicted molar refractivity (Wildman–Crippen MR) is 104 cm³/mol. The van der Waals surface area contributed by atoms with Crippen LogP contribution in [0.1, 0.15) is 39.5 Å². The number of anilines is 2. The van der Waals surface area contributed by atoms with Crippen LogP contribution in [0, 0.1) is 5.92 Å². The molecule has 0 radical (unpaired) electrons. The smallest absolute Gasteiger partial charge is 0.144 e. The normalized spacial score (nSPS) is 30.2. The number of hydrogen-bond donors (Lipinski definition) is 2. The Labute approximate surface area is 151 Å². The molecule has 0 spiro atoms. The molecule has 2 atom stereocenters. The maximum atomic E-state index is 6.00. The molecule has 3 rings (SSSR count). The number of methoxy groups -OCH3 is 1. The summed E-state index contributed by atoms with van der Waals surface area (Å²) in [5, 5.41) is 3.59. The highest BCUT2D eigenvalue weighted by molar-refractivity contribution is 5.65. The van der Waals surface area contributed by atoms with Gasteiger partial charge in [0.15, 0.2) is 0 Å². The fraction of sp³-hybridized carbons (Fsp3) is 0.700. The second kappa shape index (κ2) is 8.28. The van der Waals surface area contributed by atoms with Gasteiger partial charge >= 0.3 is 0 Å². The van der Waals surface area contributed by atoms with Gasteiger partial charge in [-0.3, -0.25) is 0 Å². The fourth-order valence-electron chi connectivity index (χ4n) is 4.08. The molecule has 0 amide bonds. The lowest BCUT2D eigenvalue weighted by Gasteiger charge is -2.37. The first-order valence-corrected chi connectivity index (χ1v) is 9.63. The van der Waals surface area contributed by atoms with E-state index in [0.29, 0.717) is 6.04 Å². The number of nitrogens with two attached hydrogens (primary N) is 1. The van der Waals surface area contributed by atoms with Crippen LogP contribution in [0.5, 0.6) is 5.75 Å². The van der Waals surface area contributed by atoms with Crippen molar-refractivity contribution in [2.75, 3.05) is 37.0 Å². The number of rotatable bonds is 5. The maximum Gasteiger partial charge on any atom is 0.144 e. The topological polar surface area (TPSA) is 59.8 Å². The summed E-state index contributed by atoms with van der Waals surface area (Å²) in [6.45, 7) is 7.06. The average molecular weight is 348 g/mol. The van der Waals surface area contributed by atoms with Crippen LogP contribution < -0.4 is 20.7 Å². The first kappa shape index (κ1) is 18.3. The van der Waals surface area contributed by atoms with Gasteiger partial charge in [0.05, 0.1) is 25.0 Å². The van der Waals surface area contributed by atoms with E-state index in [1.165, 1.54) is 12.8 Å². The fourth-order valence-corrected chi connectivity index (χ4v) is 4.08. The summed E-state index contributed by atoms with van der Waals surface area (Å²) in [6, 6.07) is 6.86. The van der Waals surface area contributed by atoms with Crippen LogP contribution >= 0.6 is 0 Å². The minimum atomic E-state index is 0.240. The van der Waals surface area contributed by atoms with Crippen LogP contribution in [0.25, 0.3) is 0 Å². The molecule has 1 aliphatic carbocycles. The number of benzene rings is 1. The minimum Gasteiger partial charge on any atom is -0.495 e. The van der Waals surface area contributed by atoms with E-state index in [1.54, 1.807) is 7.11 Å². The van der Waals surface area contributed by atoms with Gasteiger partial charge in [-0.2, -0.15) is 0 Å². The molecule has 25 heavy (non-hydrogen) atoms. The first-order valence-electron chi connectivity index (χ1n) is 9.63. The van der Waals surface area contributed by atoms with Crippen molar-refractivity contribution in [1.29, 1.82) is 0 Å². The highest BCUT2D eigenvalue weighted by Crippen LogP contribution is 2.33. The number of ether oxygens (including phenoxy) is 2. The van der Waals surface area contributed by atoms with Crippen molar-refractivity contribution in [3.63, 3.8) is 0 Å². The Morgan fingerprint density at radius 1 is 1.16 bits per heavy atom. The summed E-state index contributed by atoms with van der Waals surface area (Å²) in [5.74, 6) is 1.66. The molecule has 1 aliphatic heterocycles. The van der Waals surface area contributed by atoms with Crippen molar-refractivity contribution in [2.24, 2.45) is 11.7 Å². The molecule has 5 heteroatoms. The van der Waals surface area contributed by atoms with Gasteiger partial charge in [-0.1, -0.05) is 0 Å². The van der Waals surface area contributed by atoms with Gasteiger partial charge in [-0.05, 0) is 57.6 Å². The SMILES string of the molecule is COc1cc(NC[C@H]2CC[C@H](N)CC2)ccc1N1C[C@@H](C)O[C@@H](C)C1. The molecule has 1 heterocycles. The third kappa shape index (κ3) is 4.79. The van der Waals surface area contributed by atoms with E-state index in [9.17, 15) is 0 Å². The zero-order chi connectivity index (χ0) is 17.8. The van der Waals surface area contributed by atoms with Crippen LogP contribution in [0.2, 0.25) is 0 Å². The van der Waals surface area contributed by atoms with Gasteiger partial charge < -0.3 is 25.4 Å². The Kier molecular flexibility index (Phi) is 6.07. The molecule has 2 aliphatic rings.